The van der Waals surface area contributed by atoms with Crippen molar-refractivity contribution in [2.75, 3.05) is 5.32 Å². The first-order valence-corrected chi connectivity index (χ1v) is 8.51. The number of nitrogens with two attached hydrogens (primary N) is 1. The third-order valence-corrected chi connectivity index (χ3v) is 4.13. The van der Waals surface area contributed by atoms with Gasteiger partial charge in [-0.1, -0.05) is 47.6 Å². The van der Waals surface area contributed by atoms with Gasteiger partial charge in [0, 0.05) is 11.9 Å². The topological polar surface area (TPSA) is 80.9 Å². The van der Waals surface area contributed by atoms with Crippen LogP contribution in [0.25, 0.3) is 0 Å². The highest BCUT2D eigenvalue weighted by atomic mass is 35.5. The number of halogens is 1. The number of carbonyl (C=O) groups is 1. The monoisotopic (exact) mass is 360 g/mol. The molecule has 25 heavy (non-hydrogen) atoms. The van der Waals surface area contributed by atoms with Crippen molar-refractivity contribution in [1.29, 1.82) is 0 Å². The van der Waals surface area contributed by atoms with E-state index in [1.165, 1.54) is 17.3 Å². The van der Waals surface area contributed by atoms with Crippen molar-refractivity contribution in [3.63, 3.8) is 0 Å². The zero-order valence-corrected chi connectivity index (χ0v) is 16.3. The van der Waals surface area contributed by atoms with E-state index in [-0.39, 0.29) is 21.7 Å². The summed E-state index contributed by atoms with van der Waals surface area (Å²) in [5, 5.41) is 3.23. The van der Waals surface area contributed by atoms with Crippen molar-refractivity contribution in [3.8, 4) is 0 Å². The molecular formula is C19H25ClN4O. The van der Waals surface area contributed by atoms with Crippen LogP contribution in [0.5, 0.6) is 0 Å². The summed E-state index contributed by atoms with van der Waals surface area (Å²) in [4.78, 5) is 19.6. The van der Waals surface area contributed by atoms with Gasteiger partial charge >= 0.3 is 0 Å². The number of rotatable bonds is 3. The third kappa shape index (κ3) is 4.69. The van der Waals surface area contributed by atoms with Crippen LogP contribution < -0.4 is 11.1 Å². The van der Waals surface area contributed by atoms with Crippen LogP contribution in [0.3, 0.4) is 0 Å². The van der Waals surface area contributed by atoms with Gasteiger partial charge in [0.15, 0.2) is 0 Å². The molecule has 2 rings (SSSR count). The highest BCUT2D eigenvalue weighted by Gasteiger charge is 2.21. The maximum atomic E-state index is 11.6. The number of aromatic nitrogens is 2. The van der Waals surface area contributed by atoms with Gasteiger partial charge in [-0.15, -0.1) is 0 Å². The maximum Gasteiger partial charge on any atom is 0.254 e. The second-order valence-corrected chi connectivity index (χ2v) is 8.53. The molecule has 6 heteroatoms. The summed E-state index contributed by atoms with van der Waals surface area (Å²) in [5.41, 5.74) is 8.77. The van der Waals surface area contributed by atoms with Gasteiger partial charge in [-0.05, 0) is 45.7 Å². The summed E-state index contributed by atoms with van der Waals surface area (Å²) in [6.45, 7) is 13.0. The van der Waals surface area contributed by atoms with Crippen molar-refractivity contribution in [3.05, 3.63) is 46.4 Å². The van der Waals surface area contributed by atoms with Crippen LogP contribution >= 0.6 is 11.6 Å². The van der Waals surface area contributed by atoms with E-state index in [0.717, 1.165) is 5.69 Å². The van der Waals surface area contributed by atoms with Crippen LogP contribution in [0.2, 0.25) is 5.28 Å². The number of primary amides is 1. The van der Waals surface area contributed by atoms with Gasteiger partial charge < -0.3 is 11.1 Å². The van der Waals surface area contributed by atoms with E-state index in [1.54, 1.807) is 0 Å². The molecule has 5 nitrogen and oxygen atoms in total. The Morgan fingerprint density at radius 2 is 1.56 bits per heavy atom. The van der Waals surface area contributed by atoms with E-state index in [1.807, 2.05) is 0 Å². The van der Waals surface area contributed by atoms with E-state index in [9.17, 15) is 4.79 Å². The lowest BCUT2D eigenvalue weighted by Gasteiger charge is -2.26. The Morgan fingerprint density at radius 3 is 2.00 bits per heavy atom. The molecule has 1 aromatic heterocycles. The van der Waals surface area contributed by atoms with Gasteiger partial charge in [0.05, 0.1) is 0 Å². The lowest BCUT2D eigenvalue weighted by Crippen LogP contribution is -2.18. The molecule has 3 N–H and O–H groups in total. The molecule has 1 aromatic carbocycles. The number of hydrogen-bond donors (Lipinski definition) is 2. The van der Waals surface area contributed by atoms with Gasteiger partial charge in [-0.2, -0.15) is 4.98 Å². The zero-order valence-electron chi connectivity index (χ0n) is 15.6. The summed E-state index contributed by atoms with van der Waals surface area (Å²) < 4.78 is 0. The minimum atomic E-state index is -0.609. The van der Waals surface area contributed by atoms with Gasteiger partial charge in [-0.3, -0.25) is 4.79 Å². The molecular weight excluding hydrogens is 336 g/mol. The molecule has 0 atom stereocenters. The number of nitrogens with one attached hydrogen (secondary N) is 1. The molecule has 134 valence electrons. The first-order chi connectivity index (χ1) is 11.4. The summed E-state index contributed by atoms with van der Waals surface area (Å²) in [7, 11) is 0. The SMILES string of the molecule is CC(C)(C)c1cc(Nc2nc(Cl)ncc2C(N)=O)cc(C(C)(C)C)c1. The molecule has 2 aromatic rings. The smallest absolute Gasteiger partial charge is 0.254 e. The standard InChI is InChI=1S/C19H25ClN4O/c1-18(2,3)11-7-12(19(4,5)6)9-13(8-11)23-16-14(15(21)25)10-22-17(20)24-16/h7-10H,1-6H3,(H2,21,25)(H,22,23,24). The molecule has 0 fully saturated rings. The molecule has 0 aliphatic rings. The van der Waals surface area contributed by atoms with Gasteiger partial charge in [0.1, 0.15) is 11.4 Å². The molecule has 0 saturated carbocycles. The van der Waals surface area contributed by atoms with Crippen molar-refractivity contribution < 1.29 is 4.79 Å². The van der Waals surface area contributed by atoms with Crippen LogP contribution in [0.4, 0.5) is 11.5 Å². The van der Waals surface area contributed by atoms with E-state index in [2.05, 4.69) is 75.0 Å². The summed E-state index contributed by atoms with van der Waals surface area (Å²) >= 11 is 5.88. The molecule has 0 radical (unpaired) electrons. The first-order valence-electron chi connectivity index (χ1n) is 8.13. The largest absolute Gasteiger partial charge is 0.365 e. The fourth-order valence-corrected chi connectivity index (χ4v) is 2.47. The number of amides is 1. The third-order valence-electron chi connectivity index (χ3n) is 3.95. The Kier molecular flexibility index (Phi) is 5.09. The number of benzene rings is 1. The zero-order chi connectivity index (χ0) is 19.0. The van der Waals surface area contributed by atoms with Gasteiger partial charge in [-0.25, -0.2) is 4.98 Å². The lowest BCUT2D eigenvalue weighted by atomic mass is 9.80. The van der Waals surface area contributed by atoms with E-state index in [0.29, 0.717) is 5.82 Å². The van der Waals surface area contributed by atoms with E-state index in [4.69, 9.17) is 17.3 Å². The molecule has 0 bridgehead atoms. The minimum Gasteiger partial charge on any atom is -0.365 e. The molecule has 0 spiro atoms. The normalized spacial score (nSPS) is 12.1. The number of anilines is 2. The Balaban J connectivity index is 2.57. The Hall–Kier alpha value is -2.14. The van der Waals surface area contributed by atoms with Crippen LogP contribution in [0.1, 0.15) is 63.0 Å². The molecule has 0 unspecified atom stereocenters. The van der Waals surface area contributed by atoms with Crippen molar-refractivity contribution in [2.24, 2.45) is 5.73 Å². The van der Waals surface area contributed by atoms with Crippen LogP contribution in [0, 0.1) is 0 Å². The number of nitrogens with zero attached hydrogens (tertiary/aromatic N) is 2. The van der Waals surface area contributed by atoms with Crippen molar-refractivity contribution in [1.82, 2.24) is 9.97 Å². The Morgan fingerprint density at radius 1 is 1.04 bits per heavy atom. The first kappa shape index (κ1) is 19.2. The maximum absolute atomic E-state index is 11.6. The Labute approximate surface area is 154 Å². The summed E-state index contributed by atoms with van der Waals surface area (Å²) in [6, 6.07) is 6.32. The fourth-order valence-electron chi connectivity index (χ4n) is 2.34. The van der Waals surface area contributed by atoms with Crippen molar-refractivity contribution in [2.45, 2.75) is 52.4 Å². The summed E-state index contributed by atoms with van der Waals surface area (Å²) in [5.74, 6) is -0.305. The second kappa shape index (κ2) is 6.64. The highest BCUT2D eigenvalue weighted by Crippen LogP contribution is 2.33. The average molecular weight is 361 g/mol. The highest BCUT2D eigenvalue weighted by molar-refractivity contribution is 6.28. The lowest BCUT2D eigenvalue weighted by molar-refractivity contribution is 0.100. The van der Waals surface area contributed by atoms with E-state index >= 15 is 0 Å². The van der Waals surface area contributed by atoms with Crippen LogP contribution in [-0.4, -0.2) is 15.9 Å². The van der Waals surface area contributed by atoms with Gasteiger partial charge in [0.2, 0.25) is 5.28 Å². The molecule has 0 aliphatic heterocycles. The van der Waals surface area contributed by atoms with Gasteiger partial charge in [0.25, 0.3) is 5.91 Å². The van der Waals surface area contributed by atoms with Crippen molar-refractivity contribution >= 4 is 29.0 Å². The quantitative estimate of drug-likeness (QED) is 0.785. The molecule has 0 saturated heterocycles. The predicted octanol–water partition coefficient (Wildman–Crippen LogP) is 4.57. The second-order valence-electron chi connectivity index (χ2n) is 8.19. The predicted molar refractivity (Wildman–Crippen MR) is 103 cm³/mol. The van der Waals surface area contributed by atoms with E-state index < -0.39 is 5.91 Å². The van der Waals surface area contributed by atoms with Crippen LogP contribution in [0.15, 0.2) is 24.4 Å². The average Bonchev–Trinajstić information content (AvgIpc) is 2.44. The molecule has 0 aliphatic carbocycles. The fraction of sp³-hybridized carbons (Fsp3) is 0.421. The van der Waals surface area contributed by atoms with Crippen LogP contribution in [-0.2, 0) is 10.8 Å². The minimum absolute atomic E-state index is 0.0203. The summed E-state index contributed by atoms with van der Waals surface area (Å²) in [6.07, 6.45) is 1.33. The number of carbonyl (C=O) groups excluding carboxylic acids is 1. The molecule has 1 heterocycles. The number of hydrogen-bond acceptors (Lipinski definition) is 4. The Bertz CT molecular complexity index is 772. The molecule has 1 amide bonds.